The van der Waals surface area contributed by atoms with Gasteiger partial charge in [0.1, 0.15) is 5.76 Å². The Bertz CT molecular complexity index is 439. The Morgan fingerprint density at radius 3 is 2.69 bits per heavy atom. The number of rotatable bonds is 4. The molecule has 1 heterocycles. The second kappa shape index (κ2) is 5.19. The molecule has 2 nitrogen and oxygen atoms in total. The van der Waals surface area contributed by atoms with Gasteiger partial charge in [0.15, 0.2) is 0 Å². The van der Waals surface area contributed by atoms with Gasteiger partial charge in [-0.2, -0.15) is 0 Å². The quantitative estimate of drug-likeness (QED) is 0.878. The number of hydrogen-bond acceptors (Lipinski definition) is 2. The van der Waals surface area contributed by atoms with Gasteiger partial charge in [-0.15, -0.1) is 0 Å². The minimum Gasteiger partial charge on any atom is -0.468 e. The van der Waals surface area contributed by atoms with E-state index in [4.69, 9.17) is 16.0 Å². The van der Waals surface area contributed by atoms with Gasteiger partial charge in [0, 0.05) is 5.02 Å². The maximum Gasteiger partial charge on any atom is 0.121 e. The first kappa shape index (κ1) is 11.2. The summed E-state index contributed by atoms with van der Waals surface area (Å²) in [7, 11) is 1.92. The standard InChI is InChI=1S/C13H14ClNO/c1-15-12(13-7-4-8-16-13)9-10-5-2-3-6-11(10)14/h2-8,12,15H,9H2,1H3. The van der Waals surface area contributed by atoms with Crippen LogP contribution in [0, 0.1) is 0 Å². The van der Waals surface area contributed by atoms with E-state index in [1.807, 2.05) is 43.4 Å². The maximum absolute atomic E-state index is 6.13. The lowest BCUT2D eigenvalue weighted by Gasteiger charge is -2.14. The van der Waals surface area contributed by atoms with Crippen molar-refractivity contribution in [1.29, 1.82) is 0 Å². The van der Waals surface area contributed by atoms with Crippen LogP contribution < -0.4 is 5.32 Å². The Labute approximate surface area is 100 Å². The lowest BCUT2D eigenvalue weighted by Crippen LogP contribution is -2.18. The Hall–Kier alpha value is -1.25. The molecule has 0 spiro atoms. The zero-order chi connectivity index (χ0) is 11.4. The number of furan rings is 1. The monoisotopic (exact) mass is 235 g/mol. The van der Waals surface area contributed by atoms with Gasteiger partial charge in [-0.05, 0) is 37.2 Å². The first-order valence-electron chi connectivity index (χ1n) is 5.25. The van der Waals surface area contributed by atoms with Crippen LogP contribution in [-0.2, 0) is 6.42 Å². The Kier molecular flexibility index (Phi) is 3.65. The zero-order valence-electron chi connectivity index (χ0n) is 9.11. The number of hydrogen-bond donors (Lipinski definition) is 1. The highest BCUT2D eigenvalue weighted by Gasteiger charge is 2.13. The van der Waals surface area contributed by atoms with Crippen LogP contribution in [0.5, 0.6) is 0 Å². The highest BCUT2D eigenvalue weighted by molar-refractivity contribution is 6.31. The number of halogens is 1. The number of benzene rings is 1. The number of likely N-dealkylation sites (N-methyl/N-ethyl adjacent to an activating group) is 1. The van der Waals surface area contributed by atoms with Crippen molar-refractivity contribution in [3.63, 3.8) is 0 Å². The van der Waals surface area contributed by atoms with E-state index >= 15 is 0 Å². The molecule has 84 valence electrons. The molecular formula is C13H14ClNO. The van der Waals surface area contributed by atoms with E-state index in [0.717, 1.165) is 22.8 Å². The average Bonchev–Trinajstić information content (AvgIpc) is 2.81. The van der Waals surface area contributed by atoms with E-state index in [0.29, 0.717) is 0 Å². The topological polar surface area (TPSA) is 25.2 Å². The van der Waals surface area contributed by atoms with Gasteiger partial charge in [-0.3, -0.25) is 0 Å². The Morgan fingerprint density at radius 2 is 2.06 bits per heavy atom. The molecule has 1 aromatic carbocycles. The van der Waals surface area contributed by atoms with Crippen molar-refractivity contribution in [3.8, 4) is 0 Å². The lowest BCUT2D eigenvalue weighted by molar-refractivity contribution is 0.429. The van der Waals surface area contributed by atoms with Crippen LogP contribution in [0.25, 0.3) is 0 Å². The molecule has 0 aliphatic rings. The molecule has 0 radical (unpaired) electrons. The first-order chi connectivity index (χ1) is 7.81. The van der Waals surface area contributed by atoms with Gasteiger partial charge in [-0.1, -0.05) is 29.8 Å². The zero-order valence-corrected chi connectivity index (χ0v) is 9.87. The predicted molar refractivity (Wildman–Crippen MR) is 65.7 cm³/mol. The van der Waals surface area contributed by atoms with Crippen molar-refractivity contribution < 1.29 is 4.42 Å². The highest BCUT2D eigenvalue weighted by Crippen LogP contribution is 2.23. The SMILES string of the molecule is CNC(Cc1ccccc1Cl)c1ccco1. The molecule has 1 unspecified atom stereocenters. The van der Waals surface area contributed by atoms with Crippen molar-refractivity contribution in [3.05, 3.63) is 59.0 Å². The summed E-state index contributed by atoms with van der Waals surface area (Å²) < 4.78 is 5.39. The van der Waals surface area contributed by atoms with Gasteiger partial charge in [0.2, 0.25) is 0 Å². The fourth-order valence-corrected chi connectivity index (χ4v) is 1.93. The van der Waals surface area contributed by atoms with Crippen LogP contribution in [0.2, 0.25) is 5.02 Å². The normalized spacial score (nSPS) is 12.6. The summed E-state index contributed by atoms with van der Waals surface area (Å²) in [4.78, 5) is 0. The smallest absolute Gasteiger partial charge is 0.121 e. The second-order valence-electron chi connectivity index (χ2n) is 3.65. The second-order valence-corrected chi connectivity index (χ2v) is 4.06. The van der Waals surface area contributed by atoms with E-state index in [1.165, 1.54) is 0 Å². The molecule has 1 aromatic heterocycles. The molecule has 0 aliphatic carbocycles. The summed E-state index contributed by atoms with van der Waals surface area (Å²) in [5.41, 5.74) is 1.12. The fourth-order valence-electron chi connectivity index (χ4n) is 1.72. The molecule has 3 heteroatoms. The van der Waals surface area contributed by atoms with Crippen LogP contribution in [-0.4, -0.2) is 7.05 Å². The van der Waals surface area contributed by atoms with E-state index in [1.54, 1.807) is 6.26 Å². The number of nitrogens with one attached hydrogen (secondary N) is 1. The maximum atomic E-state index is 6.13. The van der Waals surface area contributed by atoms with Crippen molar-refractivity contribution in [2.75, 3.05) is 7.05 Å². The van der Waals surface area contributed by atoms with Crippen LogP contribution in [0.4, 0.5) is 0 Å². The minimum atomic E-state index is 0.162. The summed E-state index contributed by atoms with van der Waals surface area (Å²) in [5, 5.41) is 4.03. The van der Waals surface area contributed by atoms with Crippen molar-refractivity contribution in [2.24, 2.45) is 0 Å². The third-order valence-electron chi connectivity index (χ3n) is 2.62. The van der Waals surface area contributed by atoms with Crippen molar-refractivity contribution >= 4 is 11.6 Å². The van der Waals surface area contributed by atoms with E-state index < -0.39 is 0 Å². The minimum absolute atomic E-state index is 0.162. The summed E-state index contributed by atoms with van der Waals surface area (Å²) in [5.74, 6) is 0.933. The molecule has 0 saturated heterocycles. The van der Waals surface area contributed by atoms with Gasteiger partial charge < -0.3 is 9.73 Å². The molecule has 2 rings (SSSR count). The fraction of sp³-hybridized carbons (Fsp3) is 0.231. The Balaban J connectivity index is 2.17. The third-order valence-corrected chi connectivity index (χ3v) is 2.99. The summed E-state index contributed by atoms with van der Waals surface area (Å²) in [6, 6.07) is 11.9. The summed E-state index contributed by atoms with van der Waals surface area (Å²) in [6.07, 6.45) is 2.51. The predicted octanol–water partition coefficient (Wildman–Crippen LogP) is 3.44. The third kappa shape index (κ3) is 2.46. The molecule has 1 atom stereocenters. The van der Waals surface area contributed by atoms with Gasteiger partial charge in [-0.25, -0.2) is 0 Å². The lowest BCUT2D eigenvalue weighted by atomic mass is 10.0. The van der Waals surface area contributed by atoms with Crippen LogP contribution in [0.3, 0.4) is 0 Å². The van der Waals surface area contributed by atoms with Gasteiger partial charge in [0.05, 0.1) is 12.3 Å². The van der Waals surface area contributed by atoms with Crippen molar-refractivity contribution in [1.82, 2.24) is 5.32 Å². The summed E-state index contributed by atoms with van der Waals surface area (Å²) in [6.45, 7) is 0. The van der Waals surface area contributed by atoms with Crippen LogP contribution >= 0.6 is 11.6 Å². The summed E-state index contributed by atoms with van der Waals surface area (Å²) >= 11 is 6.13. The molecule has 2 aromatic rings. The van der Waals surface area contributed by atoms with E-state index in [-0.39, 0.29) is 6.04 Å². The van der Waals surface area contributed by atoms with Gasteiger partial charge in [0.25, 0.3) is 0 Å². The molecule has 1 N–H and O–H groups in total. The van der Waals surface area contributed by atoms with E-state index in [2.05, 4.69) is 5.32 Å². The molecule has 0 saturated carbocycles. The molecule has 16 heavy (non-hydrogen) atoms. The molecule has 0 fully saturated rings. The molecule has 0 amide bonds. The highest BCUT2D eigenvalue weighted by atomic mass is 35.5. The molecular weight excluding hydrogens is 222 g/mol. The molecule has 0 bridgehead atoms. The Morgan fingerprint density at radius 1 is 1.25 bits per heavy atom. The first-order valence-corrected chi connectivity index (χ1v) is 5.63. The van der Waals surface area contributed by atoms with Crippen LogP contribution in [0.15, 0.2) is 47.1 Å². The largest absolute Gasteiger partial charge is 0.468 e. The van der Waals surface area contributed by atoms with Crippen LogP contribution in [0.1, 0.15) is 17.4 Å². The average molecular weight is 236 g/mol. The van der Waals surface area contributed by atoms with E-state index in [9.17, 15) is 0 Å². The van der Waals surface area contributed by atoms with Crippen molar-refractivity contribution in [2.45, 2.75) is 12.5 Å². The molecule has 0 aliphatic heterocycles. The van der Waals surface area contributed by atoms with Gasteiger partial charge >= 0.3 is 0 Å².